The monoisotopic (exact) mass is 457 g/mol. The van der Waals surface area contributed by atoms with Crippen molar-refractivity contribution in [3.05, 3.63) is 58.4 Å². The third-order valence-corrected chi connectivity index (χ3v) is 8.85. The van der Waals surface area contributed by atoms with E-state index in [0.717, 1.165) is 22.2 Å². The second-order valence-electron chi connectivity index (χ2n) is 8.06. The Morgan fingerprint density at radius 2 is 1.94 bits per heavy atom. The first kappa shape index (κ1) is 21.9. The van der Waals surface area contributed by atoms with Gasteiger partial charge in [-0.25, -0.2) is 8.42 Å². The summed E-state index contributed by atoms with van der Waals surface area (Å²) in [7, 11) is -1.71. The van der Waals surface area contributed by atoms with Crippen LogP contribution in [0.15, 0.2) is 52.4 Å². The second kappa shape index (κ2) is 8.68. The molecule has 0 spiro atoms. The third kappa shape index (κ3) is 4.37. The maximum atomic E-state index is 13.0. The number of piperidine rings is 1. The van der Waals surface area contributed by atoms with Crippen molar-refractivity contribution >= 4 is 37.5 Å². The zero-order valence-corrected chi connectivity index (χ0v) is 19.7. The predicted octanol–water partition coefficient (Wildman–Crippen LogP) is 3.64. The average Bonchev–Trinajstić information content (AvgIpc) is 3.08. The van der Waals surface area contributed by atoms with Gasteiger partial charge in [0.1, 0.15) is 0 Å². The van der Waals surface area contributed by atoms with Crippen LogP contribution in [0.5, 0.6) is 0 Å². The summed E-state index contributed by atoms with van der Waals surface area (Å²) in [5.41, 5.74) is 3.30. The van der Waals surface area contributed by atoms with Crippen LogP contribution in [0.1, 0.15) is 30.9 Å². The van der Waals surface area contributed by atoms with Crippen LogP contribution < -0.4 is 4.80 Å². The molecule has 1 fully saturated rings. The number of sulfonamides is 1. The Morgan fingerprint density at radius 1 is 1.19 bits per heavy atom. The zero-order valence-electron chi connectivity index (χ0n) is 18.0. The minimum Gasteiger partial charge on any atom is -0.319 e. The van der Waals surface area contributed by atoms with Crippen molar-refractivity contribution in [3.63, 3.8) is 0 Å². The summed E-state index contributed by atoms with van der Waals surface area (Å²) in [5, 5.41) is 0. The van der Waals surface area contributed by atoms with Gasteiger partial charge in [0.05, 0.1) is 21.0 Å². The molecule has 0 radical (unpaired) electrons. The molecular formula is C23H27N3O3S2. The Hall–Kier alpha value is -2.29. The van der Waals surface area contributed by atoms with Crippen molar-refractivity contribution in [1.82, 2.24) is 8.87 Å². The number of aromatic nitrogens is 1. The molecule has 164 valence electrons. The first-order valence-corrected chi connectivity index (χ1v) is 12.8. The van der Waals surface area contributed by atoms with Gasteiger partial charge < -0.3 is 4.57 Å². The van der Waals surface area contributed by atoms with Gasteiger partial charge in [-0.3, -0.25) is 4.79 Å². The van der Waals surface area contributed by atoms with E-state index < -0.39 is 15.9 Å². The molecule has 4 rings (SSSR count). The van der Waals surface area contributed by atoms with Crippen LogP contribution in [0, 0.1) is 12.8 Å². The Morgan fingerprint density at radius 3 is 2.65 bits per heavy atom. The second-order valence-corrected chi connectivity index (χ2v) is 11.0. The minimum absolute atomic E-state index is 0.174. The molecule has 1 amide bonds. The fourth-order valence-corrected chi connectivity index (χ4v) is 6.52. The largest absolute Gasteiger partial charge is 0.319 e. The van der Waals surface area contributed by atoms with Crippen molar-refractivity contribution in [3.8, 4) is 0 Å². The van der Waals surface area contributed by atoms with E-state index in [1.807, 2.05) is 18.5 Å². The summed E-state index contributed by atoms with van der Waals surface area (Å²) >= 11 is 1.49. The highest BCUT2D eigenvalue weighted by Crippen LogP contribution is 2.25. The molecule has 1 saturated heterocycles. The summed E-state index contributed by atoms with van der Waals surface area (Å²) in [4.78, 5) is 18.3. The zero-order chi connectivity index (χ0) is 22.2. The number of carbonyl (C=O) groups excluding carboxylic acids is 1. The van der Waals surface area contributed by atoms with Gasteiger partial charge in [-0.05, 0) is 56.0 Å². The van der Waals surface area contributed by atoms with Crippen LogP contribution >= 0.6 is 11.3 Å². The van der Waals surface area contributed by atoms with E-state index >= 15 is 0 Å². The minimum atomic E-state index is -3.62. The number of rotatable bonds is 4. The molecule has 31 heavy (non-hydrogen) atoms. The molecule has 6 nitrogen and oxygen atoms in total. The van der Waals surface area contributed by atoms with E-state index in [9.17, 15) is 13.2 Å². The van der Waals surface area contributed by atoms with Gasteiger partial charge in [-0.2, -0.15) is 9.30 Å². The average molecular weight is 458 g/mol. The van der Waals surface area contributed by atoms with Gasteiger partial charge >= 0.3 is 0 Å². The van der Waals surface area contributed by atoms with Crippen LogP contribution in [-0.4, -0.2) is 36.3 Å². The van der Waals surface area contributed by atoms with Gasteiger partial charge in [-0.1, -0.05) is 42.0 Å². The molecule has 0 N–H and O–H groups in total. The number of fused-ring (bicyclic) bond motifs is 1. The quantitative estimate of drug-likeness (QED) is 0.601. The fraction of sp³-hybridized carbons (Fsp3) is 0.391. The van der Waals surface area contributed by atoms with Crippen molar-refractivity contribution < 1.29 is 13.2 Å². The summed E-state index contributed by atoms with van der Waals surface area (Å²) in [6, 6.07) is 13.1. The summed E-state index contributed by atoms with van der Waals surface area (Å²) < 4.78 is 30.5. The van der Waals surface area contributed by atoms with Gasteiger partial charge in [0, 0.05) is 20.1 Å². The topological polar surface area (TPSA) is 71.7 Å². The molecule has 1 aliphatic rings. The van der Waals surface area contributed by atoms with E-state index in [-0.39, 0.29) is 17.3 Å². The molecule has 2 aromatic carbocycles. The molecule has 2 heterocycles. The lowest BCUT2D eigenvalue weighted by Gasteiger charge is -2.30. The molecule has 3 aromatic rings. The molecule has 1 unspecified atom stereocenters. The van der Waals surface area contributed by atoms with Crippen molar-refractivity contribution in [1.29, 1.82) is 0 Å². The highest BCUT2D eigenvalue weighted by Gasteiger charge is 2.33. The lowest BCUT2D eigenvalue weighted by atomic mass is 9.99. The maximum Gasteiger partial charge on any atom is 0.252 e. The maximum absolute atomic E-state index is 13.0. The van der Waals surface area contributed by atoms with Gasteiger partial charge in [0.2, 0.25) is 10.0 Å². The van der Waals surface area contributed by atoms with Gasteiger partial charge in [0.25, 0.3) is 5.91 Å². The van der Waals surface area contributed by atoms with Gasteiger partial charge in [0.15, 0.2) is 4.80 Å². The molecule has 1 atom stereocenters. The smallest absolute Gasteiger partial charge is 0.252 e. The normalized spacial score (nSPS) is 18.5. The number of hydrogen-bond acceptors (Lipinski definition) is 4. The van der Waals surface area contributed by atoms with Crippen LogP contribution in [0.4, 0.5) is 0 Å². The standard InChI is InChI=1S/C23H27N3O3S2/c1-4-17-9-12-20-21(14-17)30-23(25(20)3)24-22(27)18-6-5-13-26(15-18)31(28,29)19-10-7-16(2)8-11-19/h7-12,14,18H,4-6,13,15H2,1-3H3. The van der Waals surface area contributed by atoms with E-state index in [1.54, 1.807) is 24.3 Å². The number of aryl methyl sites for hydroxylation is 3. The lowest BCUT2D eigenvalue weighted by Crippen LogP contribution is -2.42. The highest BCUT2D eigenvalue weighted by atomic mass is 32.2. The molecule has 0 bridgehead atoms. The summed E-state index contributed by atoms with van der Waals surface area (Å²) in [5.74, 6) is -0.674. The Bertz CT molecular complexity index is 1290. The summed E-state index contributed by atoms with van der Waals surface area (Å²) in [6.07, 6.45) is 2.25. The van der Waals surface area contributed by atoms with Gasteiger partial charge in [-0.15, -0.1) is 0 Å². The predicted molar refractivity (Wildman–Crippen MR) is 123 cm³/mol. The molecule has 0 saturated carbocycles. The number of benzene rings is 2. The van der Waals surface area contributed by atoms with Crippen molar-refractivity contribution in [2.75, 3.05) is 13.1 Å². The molecule has 1 aromatic heterocycles. The molecule has 8 heteroatoms. The number of carbonyl (C=O) groups is 1. The first-order valence-electron chi connectivity index (χ1n) is 10.5. The van der Waals surface area contributed by atoms with Crippen LogP contribution in [-0.2, 0) is 28.3 Å². The number of nitrogens with zero attached hydrogens (tertiary/aromatic N) is 3. The number of thiazole rings is 1. The van der Waals surface area contributed by atoms with Crippen LogP contribution in [0.25, 0.3) is 10.2 Å². The van der Waals surface area contributed by atoms with Crippen LogP contribution in [0.3, 0.4) is 0 Å². The Kier molecular flexibility index (Phi) is 6.14. The SMILES string of the molecule is CCc1ccc2c(c1)sc(=NC(=O)C1CCCN(S(=O)(=O)c3ccc(C)cc3)C1)n2C. The highest BCUT2D eigenvalue weighted by molar-refractivity contribution is 7.89. The van der Waals surface area contributed by atoms with E-state index in [0.29, 0.717) is 24.2 Å². The van der Waals surface area contributed by atoms with Crippen LogP contribution in [0.2, 0.25) is 0 Å². The fourth-order valence-electron chi connectivity index (χ4n) is 3.91. The molecular weight excluding hydrogens is 430 g/mol. The van der Waals surface area contributed by atoms with E-state index in [2.05, 4.69) is 30.1 Å². The van der Waals surface area contributed by atoms with Crippen molar-refractivity contribution in [2.24, 2.45) is 18.0 Å². The lowest BCUT2D eigenvalue weighted by molar-refractivity contribution is -0.122. The molecule has 1 aliphatic heterocycles. The first-order chi connectivity index (χ1) is 14.8. The van der Waals surface area contributed by atoms with E-state index in [1.165, 1.54) is 21.2 Å². The number of hydrogen-bond donors (Lipinski definition) is 0. The Labute approximate surface area is 186 Å². The molecule has 0 aliphatic carbocycles. The van der Waals surface area contributed by atoms with Crippen molar-refractivity contribution in [2.45, 2.75) is 38.0 Å². The number of amides is 1. The third-order valence-electron chi connectivity index (χ3n) is 5.88. The summed E-state index contributed by atoms with van der Waals surface area (Å²) in [6.45, 7) is 4.64. The van der Waals surface area contributed by atoms with E-state index in [4.69, 9.17) is 0 Å². The Balaban J connectivity index is 1.59.